The number of hydrogen-bond donors (Lipinski definition) is 1. The lowest BCUT2D eigenvalue weighted by Crippen LogP contribution is -2.18. The highest BCUT2D eigenvalue weighted by Gasteiger charge is 2.12. The van der Waals surface area contributed by atoms with Crippen molar-refractivity contribution in [1.29, 1.82) is 0 Å². The molecule has 0 bridgehead atoms. The minimum atomic E-state index is 1.01. The number of hydrogen-bond acceptors (Lipinski definition) is 2. The summed E-state index contributed by atoms with van der Waals surface area (Å²) in [5.74, 6) is 1.01. The first-order valence-electron chi connectivity index (χ1n) is 7.16. The van der Waals surface area contributed by atoms with Crippen LogP contribution in [0.2, 0.25) is 0 Å². The maximum atomic E-state index is 3.60. The lowest BCUT2D eigenvalue weighted by molar-refractivity contribution is 0.334. The van der Waals surface area contributed by atoms with E-state index in [9.17, 15) is 0 Å². The van der Waals surface area contributed by atoms with Gasteiger partial charge in [-0.3, -0.25) is 0 Å². The van der Waals surface area contributed by atoms with Crippen molar-refractivity contribution < 1.29 is 0 Å². The third-order valence-electron chi connectivity index (χ3n) is 3.82. The Balaban J connectivity index is 1.59. The van der Waals surface area contributed by atoms with Crippen LogP contribution in [0.25, 0.3) is 0 Å². The molecule has 1 N–H and O–H groups in total. The van der Waals surface area contributed by atoms with Crippen molar-refractivity contribution in [2.45, 2.75) is 58.4 Å². The van der Waals surface area contributed by atoms with E-state index in [1.54, 1.807) is 0 Å². The van der Waals surface area contributed by atoms with Gasteiger partial charge in [-0.05, 0) is 37.4 Å². The second kappa shape index (κ2) is 7.17. The molecule has 0 saturated heterocycles. The van der Waals surface area contributed by atoms with Crippen LogP contribution in [0, 0.1) is 5.92 Å². The van der Waals surface area contributed by atoms with E-state index in [-0.39, 0.29) is 0 Å². The molecule has 0 spiro atoms. The molecule has 0 aromatic carbocycles. The Bertz CT molecular complexity index is 312. The molecule has 1 aliphatic carbocycles. The van der Waals surface area contributed by atoms with Crippen LogP contribution in [0.5, 0.6) is 0 Å². The standard InChI is InChI=1S/C15H25NS/c1-2-14-8-9-15(17-14)12-16-11-10-13-6-4-3-5-7-13/h8-9,13,16H,2-7,10-12H2,1H3. The first-order chi connectivity index (χ1) is 8.38. The fourth-order valence-electron chi connectivity index (χ4n) is 2.70. The van der Waals surface area contributed by atoms with E-state index in [2.05, 4.69) is 24.4 Å². The predicted octanol–water partition coefficient (Wildman–Crippen LogP) is 4.37. The minimum absolute atomic E-state index is 1.01. The molecule has 0 radical (unpaired) electrons. The topological polar surface area (TPSA) is 12.0 Å². The van der Waals surface area contributed by atoms with Gasteiger partial charge in [0.15, 0.2) is 0 Å². The zero-order valence-electron chi connectivity index (χ0n) is 11.0. The van der Waals surface area contributed by atoms with Gasteiger partial charge in [-0.15, -0.1) is 11.3 Å². The van der Waals surface area contributed by atoms with Crippen LogP contribution in [-0.4, -0.2) is 6.54 Å². The molecule has 1 aliphatic rings. The average Bonchev–Trinajstić information content (AvgIpc) is 2.84. The highest BCUT2D eigenvalue weighted by molar-refractivity contribution is 7.11. The largest absolute Gasteiger partial charge is 0.312 e. The third-order valence-corrected chi connectivity index (χ3v) is 5.05. The molecule has 1 saturated carbocycles. The summed E-state index contributed by atoms with van der Waals surface area (Å²) in [6.45, 7) is 4.49. The highest BCUT2D eigenvalue weighted by Crippen LogP contribution is 2.25. The van der Waals surface area contributed by atoms with Crippen molar-refractivity contribution in [2.75, 3.05) is 6.54 Å². The quantitative estimate of drug-likeness (QED) is 0.740. The summed E-state index contributed by atoms with van der Waals surface area (Å²) in [4.78, 5) is 3.00. The fourth-order valence-corrected chi connectivity index (χ4v) is 3.63. The molecule has 0 unspecified atom stereocenters. The maximum Gasteiger partial charge on any atom is 0.0299 e. The predicted molar refractivity (Wildman–Crippen MR) is 76.6 cm³/mol. The van der Waals surface area contributed by atoms with Gasteiger partial charge in [0.05, 0.1) is 0 Å². The van der Waals surface area contributed by atoms with Crippen molar-refractivity contribution in [1.82, 2.24) is 5.32 Å². The van der Waals surface area contributed by atoms with E-state index in [4.69, 9.17) is 0 Å². The monoisotopic (exact) mass is 251 g/mol. The van der Waals surface area contributed by atoms with Gasteiger partial charge in [-0.2, -0.15) is 0 Å². The number of rotatable bonds is 6. The van der Waals surface area contributed by atoms with Gasteiger partial charge in [-0.25, -0.2) is 0 Å². The molecule has 1 aromatic heterocycles. The van der Waals surface area contributed by atoms with E-state index in [0.717, 1.165) is 12.5 Å². The van der Waals surface area contributed by atoms with Gasteiger partial charge in [-0.1, -0.05) is 39.0 Å². The number of aryl methyl sites for hydroxylation is 1. The second-order valence-corrected chi connectivity index (χ2v) is 6.44. The molecule has 1 heterocycles. The molecule has 2 heteroatoms. The van der Waals surface area contributed by atoms with E-state index in [0.29, 0.717) is 0 Å². The van der Waals surface area contributed by atoms with E-state index in [1.807, 2.05) is 11.3 Å². The lowest BCUT2D eigenvalue weighted by atomic mass is 9.87. The first kappa shape index (κ1) is 13.1. The summed E-state index contributed by atoms with van der Waals surface area (Å²) in [6.07, 6.45) is 9.91. The molecule has 1 nitrogen and oxygen atoms in total. The van der Waals surface area contributed by atoms with E-state index < -0.39 is 0 Å². The summed E-state index contributed by atoms with van der Waals surface area (Å²) in [5, 5.41) is 3.60. The Morgan fingerprint density at radius 2 is 1.94 bits per heavy atom. The molecule has 2 rings (SSSR count). The van der Waals surface area contributed by atoms with Crippen LogP contribution < -0.4 is 5.32 Å². The van der Waals surface area contributed by atoms with Crippen molar-refractivity contribution in [3.8, 4) is 0 Å². The Morgan fingerprint density at radius 1 is 1.18 bits per heavy atom. The minimum Gasteiger partial charge on any atom is -0.312 e. The smallest absolute Gasteiger partial charge is 0.0299 e. The second-order valence-electron chi connectivity index (χ2n) is 5.19. The molecular weight excluding hydrogens is 226 g/mol. The zero-order chi connectivity index (χ0) is 11.9. The van der Waals surface area contributed by atoms with Gasteiger partial charge in [0, 0.05) is 16.3 Å². The summed E-state index contributed by atoms with van der Waals surface area (Å²) in [5.41, 5.74) is 0. The van der Waals surface area contributed by atoms with Crippen LogP contribution >= 0.6 is 11.3 Å². The molecule has 17 heavy (non-hydrogen) atoms. The maximum absolute atomic E-state index is 3.60. The molecule has 0 aliphatic heterocycles. The lowest BCUT2D eigenvalue weighted by Gasteiger charge is -2.21. The Morgan fingerprint density at radius 3 is 2.65 bits per heavy atom. The van der Waals surface area contributed by atoms with Crippen molar-refractivity contribution in [3.05, 3.63) is 21.9 Å². The summed E-state index contributed by atoms with van der Waals surface area (Å²) >= 11 is 1.96. The molecule has 0 amide bonds. The third kappa shape index (κ3) is 4.44. The van der Waals surface area contributed by atoms with Gasteiger partial charge < -0.3 is 5.32 Å². The van der Waals surface area contributed by atoms with Crippen LogP contribution in [0.15, 0.2) is 12.1 Å². The van der Waals surface area contributed by atoms with Crippen molar-refractivity contribution in [2.24, 2.45) is 5.92 Å². The normalized spacial score (nSPS) is 17.5. The average molecular weight is 251 g/mol. The zero-order valence-corrected chi connectivity index (χ0v) is 11.8. The Hall–Kier alpha value is -0.340. The highest BCUT2D eigenvalue weighted by atomic mass is 32.1. The Labute approximate surface area is 110 Å². The molecule has 0 atom stereocenters. The SMILES string of the molecule is CCc1ccc(CNCCC2CCCCC2)s1. The van der Waals surface area contributed by atoms with Crippen LogP contribution in [0.1, 0.15) is 55.2 Å². The van der Waals surface area contributed by atoms with Crippen LogP contribution in [0.4, 0.5) is 0 Å². The number of nitrogens with one attached hydrogen (secondary N) is 1. The first-order valence-corrected chi connectivity index (χ1v) is 7.98. The molecule has 96 valence electrons. The van der Waals surface area contributed by atoms with E-state index >= 15 is 0 Å². The van der Waals surface area contributed by atoms with Gasteiger partial charge >= 0.3 is 0 Å². The van der Waals surface area contributed by atoms with Gasteiger partial charge in [0.2, 0.25) is 0 Å². The summed E-state index contributed by atoms with van der Waals surface area (Å²) in [7, 11) is 0. The fraction of sp³-hybridized carbons (Fsp3) is 0.733. The molecule has 1 fully saturated rings. The Kier molecular flexibility index (Phi) is 5.53. The van der Waals surface area contributed by atoms with Crippen LogP contribution in [-0.2, 0) is 13.0 Å². The van der Waals surface area contributed by atoms with Gasteiger partial charge in [0.25, 0.3) is 0 Å². The van der Waals surface area contributed by atoms with Crippen molar-refractivity contribution in [3.63, 3.8) is 0 Å². The van der Waals surface area contributed by atoms with Crippen molar-refractivity contribution >= 4 is 11.3 Å². The molecule has 1 aromatic rings. The number of thiophene rings is 1. The van der Waals surface area contributed by atoms with Gasteiger partial charge in [0.1, 0.15) is 0 Å². The van der Waals surface area contributed by atoms with E-state index in [1.165, 1.54) is 61.2 Å². The summed E-state index contributed by atoms with van der Waals surface area (Å²) < 4.78 is 0. The summed E-state index contributed by atoms with van der Waals surface area (Å²) in [6, 6.07) is 4.54. The van der Waals surface area contributed by atoms with Crippen LogP contribution in [0.3, 0.4) is 0 Å². The molecular formula is C15H25NS.